The molecule has 0 radical (unpaired) electrons. The van der Waals surface area contributed by atoms with Crippen LogP contribution in [-0.2, 0) is 5.41 Å². The second kappa shape index (κ2) is 4.01. The van der Waals surface area contributed by atoms with Gasteiger partial charge in [0, 0.05) is 11.3 Å². The van der Waals surface area contributed by atoms with E-state index >= 15 is 0 Å². The maximum Gasteiger partial charge on any atom is 0.146 e. The Kier molecular flexibility index (Phi) is 3.12. The van der Waals surface area contributed by atoms with Crippen molar-refractivity contribution in [1.82, 2.24) is 0 Å². The van der Waals surface area contributed by atoms with Gasteiger partial charge in [-0.25, -0.2) is 0 Å². The molecule has 0 aliphatic rings. The Balaban J connectivity index is 3.33. The second-order valence-electron chi connectivity index (χ2n) is 4.67. The van der Waals surface area contributed by atoms with Crippen LogP contribution in [0.25, 0.3) is 0 Å². The molecule has 0 aromatic heterocycles. The van der Waals surface area contributed by atoms with Crippen LogP contribution in [0.3, 0.4) is 0 Å². The Labute approximate surface area is 91.4 Å². The molecule has 0 fully saturated rings. The van der Waals surface area contributed by atoms with Gasteiger partial charge in [0.15, 0.2) is 0 Å². The van der Waals surface area contributed by atoms with Gasteiger partial charge >= 0.3 is 0 Å². The van der Waals surface area contributed by atoms with Gasteiger partial charge in [-0.3, -0.25) is 0 Å². The summed E-state index contributed by atoms with van der Waals surface area (Å²) < 4.78 is 5.57. The molecular formula is C12H20N2O. The first kappa shape index (κ1) is 11.7. The molecule has 0 aliphatic carbocycles. The standard InChI is InChI=1S/C12H20N2O/c1-5-15-11-9(12(2,3)4)6-8(13)7-10(11)14/h6-7H,5,13-14H2,1-4H3. The van der Waals surface area contributed by atoms with E-state index in [1.807, 2.05) is 13.0 Å². The molecule has 0 spiro atoms. The normalized spacial score (nSPS) is 11.5. The molecule has 4 N–H and O–H groups in total. The zero-order chi connectivity index (χ0) is 11.6. The largest absolute Gasteiger partial charge is 0.491 e. The fraction of sp³-hybridized carbons (Fsp3) is 0.500. The minimum Gasteiger partial charge on any atom is -0.491 e. The number of benzene rings is 1. The van der Waals surface area contributed by atoms with Crippen molar-refractivity contribution in [3.8, 4) is 5.75 Å². The SMILES string of the molecule is CCOc1c(N)cc(N)cc1C(C)(C)C. The Morgan fingerprint density at radius 2 is 1.80 bits per heavy atom. The highest BCUT2D eigenvalue weighted by Crippen LogP contribution is 2.37. The number of nitrogens with two attached hydrogens (primary N) is 2. The summed E-state index contributed by atoms with van der Waals surface area (Å²) in [6.07, 6.45) is 0. The van der Waals surface area contributed by atoms with Gasteiger partial charge in [0.25, 0.3) is 0 Å². The molecule has 0 aliphatic heterocycles. The molecule has 0 amide bonds. The van der Waals surface area contributed by atoms with Crippen molar-refractivity contribution in [3.63, 3.8) is 0 Å². The molecule has 1 rings (SSSR count). The van der Waals surface area contributed by atoms with Gasteiger partial charge < -0.3 is 16.2 Å². The number of anilines is 2. The highest BCUT2D eigenvalue weighted by atomic mass is 16.5. The monoisotopic (exact) mass is 208 g/mol. The highest BCUT2D eigenvalue weighted by Gasteiger charge is 2.21. The molecule has 1 aromatic carbocycles. The number of ether oxygens (including phenoxy) is 1. The van der Waals surface area contributed by atoms with Gasteiger partial charge in [0.2, 0.25) is 0 Å². The van der Waals surface area contributed by atoms with Gasteiger partial charge in [-0.05, 0) is 24.5 Å². The summed E-state index contributed by atoms with van der Waals surface area (Å²) in [5.41, 5.74) is 14.0. The van der Waals surface area contributed by atoms with Gasteiger partial charge in [-0.15, -0.1) is 0 Å². The number of nitrogen functional groups attached to an aromatic ring is 2. The first-order valence-corrected chi connectivity index (χ1v) is 5.18. The summed E-state index contributed by atoms with van der Waals surface area (Å²) in [5.74, 6) is 0.763. The lowest BCUT2D eigenvalue weighted by Gasteiger charge is -2.24. The molecule has 3 nitrogen and oxygen atoms in total. The van der Waals surface area contributed by atoms with Crippen LogP contribution in [0.4, 0.5) is 11.4 Å². The van der Waals surface area contributed by atoms with E-state index in [9.17, 15) is 0 Å². The lowest BCUT2D eigenvalue weighted by Crippen LogP contribution is -2.15. The zero-order valence-electron chi connectivity index (χ0n) is 9.92. The van der Waals surface area contributed by atoms with E-state index < -0.39 is 0 Å². The quantitative estimate of drug-likeness (QED) is 0.734. The summed E-state index contributed by atoms with van der Waals surface area (Å²) in [5, 5.41) is 0. The molecule has 15 heavy (non-hydrogen) atoms. The molecule has 0 bridgehead atoms. The van der Waals surface area contributed by atoms with Crippen LogP contribution < -0.4 is 16.2 Å². The maximum atomic E-state index is 5.90. The Hall–Kier alpha value is -1.38. The van der Waals surface area contributed by atoms with Gasteiger partial charge in [0.05, 0.1) is 12.3 Å². The van der Waals surface area contributed by atoms with E-state index in [0.29, 0.717) is 18.0 Å². The van der Waals surface area contributed by atoms with Gasteiger partial charge in [-0.1, -0.05) is 20.8 Å². The summed E-state index contributed by atoms with van der Waals surface area (Å²) >= 11 is 0. The number of hydrogen-bond donors (Lipinski definition) is 2. The molecule has 1 aromatic rings. The van der Waals surface area contributed by atoms with Crippen molar-refractivity contribution in [2.24, 2.45) is 0 Å². The highest BCUT2D eigenvalue weighted by molar-refractivity contribution is 5.66. The predicted octanol–water partition coefficient (Wildman–Crippen LogP) is 2.55. The average Bonchev–Trinajstić information content (AvgIpc) is 2.07. The smallest absolute Gasteiger partial charge is 0.146 e. The fourth-order valence-corrected chi connectivity index (χ4v) is 1.54. The van der Waals surface area contributed by atoms with Crippen molar-refractivity contribution >= 4 is 11.4 Å². The van der Waals surface area contributed by atoms with Crippen LogP contribution in [0.15, 0.2) is 12.1 Å². The zero-order valence-corrected chi connectivity index (χ0v) is 9.92. The number of rotatable bonds is 2. The van der Waals surface area contributed by atoms with E-state index in [1.54, 1.807) is 6.07 Å². The first-order chi connectivity index (χ1) is 6.86. The van der Waals surface area contributed by atoms with E-state index in [4.69, 9.17) is 16.2 Å². The minimum absolute atomic E-state index is 0.0198. The molecule has 0 heterocycles. The number of hydrogen-bond acceptors (Lipinski definition) is 3. The summed E-state index contributed by atoms with van der Waals surface area (Å²) in [7, 11) is 0. The molecule has 0 atom stereocenters. The topological polar surface area (TPSA) is 61.3 Å². The molecule has 3 heteroatoms. The van der Waals surface area contributed by atoms with Crippen molar-refractivity contribution < 1.29 is 4.74 Å². The third-order valence-electron chi connectivity index (χ3n) is 2.24. The Morgan fingerprint density at radius 1 is 1.20 bits per heavy atom. The first-order valence-electron chi connectivity index (χ1n) is 5.18. The molecule has 0 saturated heterocycles. The van der Waals surface area contributed by atoms with Crippen molar-refractivity contribution in [2.45, 2.75) is 33.1 Å². The van der Waals surface area contributed by atoms with Crippen LogP contribution in [-0.4, -0.2) is 6.61 Å². The van der Waals surface area contributed by atoms with Crippen LogP contribution in [0, 0.1) is 0 Å². The predicted molar refractivity (Wildman–Crippen MR) is 65.1 cm³/mol. The van der Waals surface area contributed by atoms with E-state index in [0.717, 1.165) is 11.3 Å². The van der Waals surface area contributed by atoms with Gasteiger partial charge in [0.1, 0.15) is 5.75 Å². The third kappa shape index (κ3) is 2.55. The molecule has 84 valence electrons. The van der Waals surface area contributed by atoms with Crippen LogP contribution in [0.5, 0.6) is 5.75 Å². The lowest BCUT2D eigenvalue weighted by atomic mass is 9.85. The van der Waals surface area contributed by atoms with Crippen LogP contribution in [0.1, 0.15) is 33.3 Å². The molecular weight excluding hydrogens is 188 g/mol. The average molecular weight is 208 g/mol. The van der Waals surface area contributed by atoms with Crippen molar-refractivity contribution in [3.05, 3.63) is 17.7 Å². The molecule has 0 unspecified atom stereocenters. The van der Waals surface area contributed by atoms with Crippen LogP contribution >= 0.6 is 0 Å². The fourth-order valence-electron chi connectivity index (χ4n) is 1.54. The van der Waals surface area contributed by atoms with Crippen molar-refractivity contribution in [2.75, 3.05) is 18.1 Å². The Bertz CT molecular complexity index is 353. The molecule has 0 saturated carbocycles. The van der Waals surface area contributed by atoms with E-state index in [-0.39, 0.29) is 5.41 Å². The van der Waals surface area contributed by atoms with E-state index in [2.05, 4.69) is 20.8 Å². The van der Waals surface area contributed by atoms with Gasteiger partial charge in [-0.2, -0.15) is 0 Å². The summed E-state index contributed by atoms with van der Waals surface area (Å²) in [6.45, 7) is 8.90. The second-order valence-corrected chi connectivity index (χ2v) is 4.67. The third-order valence-corrected chi connectivity index (χ3v) is 2.24. The Morgan fingerprint density at radius 3 is 2.27 bits per heavy atom. The maximum absolute atomic E-state index is 5.90. The van der Waals surface area contributed by atoms with E-state index in [1.165, 1.54) is 0 Å². The summed E-state index contributed by atoms with van der Waals surface area (Å²) in [6, 6.07) is 3.67. The van der Waals surface area contributed by atoms with Crippen molar-refractivity contribution in [1.29, 1.82) is 0 Å². The minimum atomic E-state index is -0.0198. The van der Waals surface area contributed by atoms with Crippen LogP contribution in [0.2, 0.25) is 0 Å². The lowest BCUT2D eigenvalue weighted by molar-refractivity contribution is 0.332. The summed E-state index contributed by atoms with van der Waals surface area (Å²) in [4.78, 5) is 0.